The monoisotopic (exact) mass is 819 g/mol. The quantitative estimate of drug-likeness (QED) is 0.190. The number of hydrogen-bond donors (Lipinski definition) is 0. The van der Waals surface area contributed by atoms with Crippen LogP contribution in [0.25, 0.3) is 32.7 Å². The molecule has 0 radical (unpaired) electrons. The van der Waals surface area contributed by atoms with E-state index in [0.29, 0.717) is 0 Å². The van der Waals surface area contributed by atoms with Gasteiger partial charge in [-0.3, -0.25) is 14.5 Å². The number of rotatable bonds is 3. The van der Waals surface area contributed by atoms with Gasteiger partial charge in [-0.2, -0.15) is 39.5 Å². The highest BCUT2D eigenvalue weighted by Gasteiger charge is 2.30. The molecule has 57 heavy (non-hydrogen) atoms. The van der Waals surface area contributed by atoms with Gasteiger partial charge in [0.2, 0.25) is 18.6 Å². The lowest BCUT2D eigenvalue weighted by atomic mass is 10.2. The summed E-state index contributed by atoms with van der Waals surface area (Å²) in [5.74, 6) is -9.02. The van der Waals surface area contributed by atoms with Gasteiger partial charge in [-0.05, 0) is 36.4 Å². The van der Waals surface area contributed by atoms with E-state index in [9.17, 15) is 39.5 Å². The number of nitrogens with zero attached hydrogens (tertiary/aromatic N) is 3. The second-order valence-electron chi connectivity index (χ2n) is 10.1. The summed E-state index contributed by atoms with van der Waals surface area (Å²) in [7, 11) is 4.98. The van der Waals surface area contributed by atoms with E-state index < -0.39 is 36.4 Å². The Morgan fingerprint density at radius 2 is 0.579 bits per heavy atom. The van der Waals surface area contributed by atoms with Crippen molar-refractivity contribution in [1.29, 1.82) is 0 Å². The number of aromatic nitrogens is 3. The van der Waals surface area contributed by atoms with Gasteiger partial charge in [-0.1, -0.05) is 36.4 Å². The Morgan fingerprint density at radius 3 is 0.754 bits per heavy atom. The normalized spacial score (nSPS) is 10.5. The molecule has 0 saturated heterocycles. The zero-order valence-corrected chi connectivity index (χ0v) is 29.5. The number of fused-ring (bicyclic) bond motifs is 3. The SMILES string of the molecule is CO[n+]1cccc2ccccc21.CO[n+]1cccc2ccccc21.CO[n+]1cccc2ccccc21.O=C([O-])C(F)(F)F.O=C([O-])C(F)(F)F.O=C([O-])C(F)(F)F. The molecule has 3 aromatic carbocycles. The summed E-state index contributed by atoms with van der Waals surface area (Å²) in [6.45, 7) is 0. The molecule has 21 heteroatoms. The third-order valence-corrected chi connectivity index (χ3v) is 6.30. The van der Waals surface area contributed by atoms with Crippen LogP contribution in [0.3, 0.4) is 0 Å². The van der Waals surface area contributed by atoms with E-state index in [4.69, 9.17) is 44.2 Å². The lowest BCUT2D eigenvalue weighted by Gasteiger charge is -2.03. The first-order valence-corrected chi connectivity index (χ1v) is 15.2. The number of benzene rings is 3. The third kappa shape index (κ3) is 17.0. The molecule has 12 nitrogen and oxygen atoms in total. The Morgan fingerprint density at radius 1 is 0.404 bits per heavy atom. The Bertz CT molecular complexity index is 1940. The van der Waals surface area contributed by atoms with Crippen molar-refractivity contribution >= 4 is 50.6 Å². The van der Waals surface area contributed by atoms with E-state index in [1.165, 1.54) is 16.2 Å². The van der Waals surface area contributed by atoms with Crippen molar-refractivity contribution in [3.63, 3.8) is 0 Å². The zero-order chi connectivity index (χ0) is 43.4. The summed E-state index contributed by atoms with van der Waals surface area (Å²) >= 11 is 0. The fourth-order valence-electron chi connectivity index (χ4n) is 3.88. The summed E-state index contributed by atoms with van der Waals surface area (Å²) in [5.41, 5.74) is 3.26. The summed E-state index contributed by atoms with van der Waals surface area (Å²) in [5, 5.41) is 29.9. The molecule has 3 heterocycles. The van der Waals surface area contributed by atoms with Gasteiger partial charge in [0.15, 0.2) is 0 Å². The van der Waals surface area contributed by atoms with Crippen LogP contribution in [-0.4, -0.2) is 57.8 Å². The molecule has 0 aliphatic heterocycles. The summed E-state index contributed by atoms with van der Waals surface area (Å²) < 4.78 is 99.9. The molecule has 0 bridgehead atoms. The second kappa shape index (κ2) is 22.4. The minimum Gasteiger partial charge on any atom is -0.542 e. The molecule has 0 N–H and O–H groups in total. The maximum atomic E-state index is 10.5. The molecular weight excluding hydrogens is 789 g/mol. The fourth-order valence-corrected chi connectivity index (χ4v) is 3.88. The van der Waals surface area contributed by atoms with Crippen LogP contribution in [0, 0.1) is 0 Å². The van der Waals surface area contributed by atoms with E-state index in [2.05, 4.69) is 36.4 Å². The number of carbonyl (C=O) groups excluding carboxylic acids is 3. The van der Waals surface area contributed by atoms with Crippen LogP contribution in [-0.2, 0) is 14.4 Å². The Balaban J connectivity index is 0.000000350. The van der Waals surface area contributed by atoms with Gasteiger partial charge in [0.25, 0.3) is 16.6 Å². The lowest BCUT2D eigenvalue weighted by Crippen LogP contribution is -2.40. The topological polar surface area (TPSA) is 160 Å². The highest BCUT2D eigenvalue weighted by Crippen LogP contribution is 2.13. The fraction of sp³-hybridized carbons (Fsp3) is 0.167. The molecule has 306 valence electrons. The Kier molecular flexibility index (Phi) is 18.9. The van der Waals surface area contributed by atoms with E-state index in [0.717, 1.165) is 16.6 Å². The lowest BCUT2D eigenvalue weighted by molar-refractivity contribution is -0.865. The van der Waals surface area contributed by atoms with E-state index in [1.807, 2.05) is 91.4 Å². The van der Waals surface area contributed by atoms with Crippen molar-refractivity contribution in [2.75, 3.05) is 21.3 Å². The summed E-state index contributed by atoms with van der Waals surface area (Å²) in [4.78, 5) is 41.8. The van der Waals surface area contributed by atoms with Gasteiger partial charge in [-0.25, -0.2) is 0 Å². The molecule has 0 aliphatic carbocycles. The number of pyridine rings is 3. The second-order valence-corrected chi connectivity index (χ2v) is 10.1. The molecule has 0 saturated carbocycles. The smallest absolute Gasteiger partial charge is 0.430 e. The van der Waals surface area contributed by atoms with Crippen molar-refractivity contribution in [2.24, 2.45) is 0 Å². The molecule has 0 atom stereocenters. The van der Waals surface area contributed by atoms with E-state index in [1.54, 1.807) is 35.5 Å². The minimum absolute atomic E-state index is 1.09. The summed E-state index contributed by atoms with van der Waals surface area (Å²) in [6.07, 6.45) is -9.91. The molecule has 0 fully saturated rings. The first-order valence-electron chi connectivity index (χ1n) is 15.2. The molecule has 3 aromatic heterocycles. The molecule has 6 aromatic rings. The van der Waals surface area contributed by atoms with Crippen molar-refractivity contribution in [1.82, 2.24) is 0 Å². The van der Waals surface area contributed by atoms with Gasteiger partial charge >= 0.3 is 18.5 Å². The van der Waals surface area contributed by atoms with Crippen LogP contribution < -0.4 is 44.0 Å². The van der Waals surface area contributed by atoms with Crippen molar-refractivity contribution < 1.29 is 97.9 Å². The Labute approximate surface area is 316 Å². The maximum Gasteiger partial charge on any atom is 0.430 e. The standard InChI is InChI=1S/3C10H10NO.3C2HF3O2/c3*1-12-11-8-4-6-9-5-2-3-7-10(9)11;3*3-2(4,5)1(6)7/h3*2-8H,1H3;3*(H,6,7)/q3*+1;;;/p-3. The zero-order valence-electron chi connectivity index (χ0n) is 29.5. The first kappa shape index (κ1) is 48.1. The van der Waals surface area contributed by atoms with Crippen LogP contribution in [0.2, 0.25) is 0 Å². The average molecular weight is 820 g/mol. The predicted octanol–water partition coefficient (Wildman–Crippen LogP) is 1.45. The predicted molar refractivity (Wildman–Crippen MR) is 173 cm³/mol. The van der Waals surface area contributed by atoms with E-state index in [-0.39, 0.29) is 0 Å². The highest BCUT2D eigenvalue weighted by atomic mass is 19.4. The van der Waals surface area contributed by atoms with Crippen LogP contribution in [0.1, 0.15) is 0 Å². The van der Waals surface area contributed by atoms with Gasteiger partial charge in [0.05, 0.1) is 16.2 Å². The highest BCUT2D eigenvalue weighted by molar-refractivity contribution is 5.76. The van der Waals surface area contributed by atoms with Gasteiger partial charge in [-0.15, -0.1) is 0 Å². The van der Waals surface area contributed by atoms with Crippen LogP contribution in [0.15, 0.2) is 128 Å². The van der Waals surface area contributed by atoms with Crippen LogP contribution in [0.5, 0.6) is 0 Å². The molecule has 6 rings (SSSR count). The Hall–Kier alpha value is -6.93. The van der Waals surface area contributed by atoms with Crippen molar-refractivity contribution in [3.05, 3.63) is 128 Å². The van der Waals surface area contributed by atoms with Gasteiger partial charge < -0.3 is 29.7 Å². The van der Waals surface area contributed by atoms with Gasteiger partial charge in [0.1, 0.15) is 39.2 Å². The molecule has 0 aliphatic rings. The number of aliphatic carboxylic acids is 3. The van der Waals surface area contributed by atoms with Crippen molar-refractivity contribution in [3.8, 4) is 0 Å². The minimum atomic E-state index is -5.19. The number of halogens is 9. The number of alkyl halides is 9. The number of para-hydroxylation sites is 3. The van der Waals surface area contributed by atoms with E-state index >= 15 is 0 Å². The third-order valence-electron chi connectivity index (χ3n) is 6.30. The first-order chi connectivity index (χ1) is 26.6. The average Bonchev–Trinajstić information content (AvgIpc) is 3.17. The molecular formula is C36H30F9N3O9. The largest absolute Gasteiger partial charge is 0.542 e. The molecule has 0 unspecified atom stereocenters. The summed E-state index contributed by atoms with van der Waals surface area (Å²) in [6, 6.07) is 36.4. The number of hydrogen-bond acceptors (Lipinski definition) is 9. The van der Waals surface area contributed by atoms with Crippen LogP contribution in [0.4, 0.5) is 39.5 Å². The molecule has 0 amide bonds. The maximum absolute atomic E-state index is 10.5. The molecule has 0 spiro atoms. The number of carboxylic acids is 3. The number of carboxylic acid groups (broad SMARTS) is 3. The van der Waals surface area contributed by atoms with Crippen molar-refractivity contribution in [2.45, 2.75) is 18.5 Å². The number of carbonyl (C=O) groups is 3. The van der Waals surface area contributed by atoms with Gasteiger partial charge in [0, 0.05) is 50.6 Å². The van der Waals surface area contributed by atoms with Crippen LogP contribution >= 0.6 is 0 Å².